The Morgan fingerprint density at radius 2 is 1.73 bits per heavy atom. The summed E-state index contributed by atoms with van der Waals surface area (Å²) in [6.45, 7) is 11.3. The molecule has 0 saturated carbocycles. The molecule has 0 aliphatic rings. The SMILES string of the molecule is COc1ccc(CN=C(N)NCCCN(C(C)C)C(C)C)cc1OC.I. The zero-order valence-corrected chi connectivity index (χ0v) is 19.2. The number of benzene rings is 1. The maximum absolute atomic E-state index is 5.95. The van der Waals surface area contributed by atoms with E-state index in [2.05, 4.69) is 42.9 Å². The van der Waals surface area contributed by atoms with Gasteiger partial charge in [0.15, 0.2) is 17.5 Å². The number of nitrogens with zero attached hydrogens (tertiary/aromatic N) is 2. The molecule has 0 spiro atoms. The number of guanidine groups is 1. The van der Waals surface area contributed by atoms with Gasteiger partial charge in [0, 0.05) is 25.2 Å². The van der Waals surface area contributed by atoms with Gasteiger partial charge >= 0.3 is 0 Å². The first-order valence-electron chi connectivity index (χ1n) is 8.89. The fourth-order valence-electron chi connectivity index (χ4n) is 2.80. The highest BCUT2D eigenvalue weighted by molar-refractivity contribution is 14.0. The summed E-state index contributed by atoms with van der Waals surface area (Å²) in [5.74, 6) is 1.88. The molecule has 150 valence electrons. The van der Waals surface area contributed by atoms with Crippen molar-refractivity contribution in [3.8, 4) is 11.5 Å². The molecule has 1 rings (SSSR count). The predicted octanol–water partition coefficient (Wildman–Crippen LogP) is 3.24. The van der Waals surface area contributed by atoms with Gasteiger partial charge in [0.05, 0.1) is 20.8 Å². The first kappa shape index (κ1) is 24.8. The van der Waals surface area contributed by atoms with E-state index in [9.17, 15) is 0 Å². The summed E-state index contributed by atoms with van der Waals surface area (Å²) >= 11 is 0. The topological polar surface area (TPSA) is 72.1 Å². The highest BCUT2D eigenvalue weighted by Crippen LogP contribution is 2.27. The number of methoxy groups -OCH3 is 2. The lowest BCUT2D eigenvalue weighted by Crippen LogP contribution is -2.40. The molecule has 0 bridgehead atoms. The third kappa shape index (κ3) is 8.44. The Morgan fingerprint density at radius 3 is 2.27 bits per heavy atom. The summed E-state index contributed by atoms with van der Waals surface area (Å²) in [5.41, 5.74) is 6.98. The molecule has 0 saturated heterocycles. The highest BCUT2D eigenvalue weighted by Gasteiger charge is 2.12. The molecule has 3 N–H and O–H groups in total. The molecule has 0 aliphatic heterocycles. The van der Waals surface area contributed by atoms with E-state index in [0.717, 1.165) is 25.1 Å². The second-order valence-electron chi connectivity index (χ2n) is 6.60. The molecule has 0 unspecified atom stereocenters. The van der Waals surface area contributed by atoms with E-state index in [1.165, 1.54) is 0 Å². The number of aliphatic imine (C=N–C) groups is 1. The van der Waals surface area contributed by atoms with Crippen molar-refractivity contribution in [1.29, 1.82) is 0 Å². The van der Waals surface area contributed by atoms with Gasteiger partial charge in [0.2, 0.25) is 0 Å². The van der Waals surface area contributed by atoms with Crippen molar-refractivity contribution in [3.05, 3.63) is 23.8 Å². The summed E-state index contributed by atoms with van der Waals surface area (Å²) < 4.78 is 10.5. The Bertz CT molecular complexity index is 542. The van der Waals surface area contributed by atoms with Crippen molar-refractivity contribution in [2.75, 3.05) is 27.3 Å². The summed E-state index contributed by atoms with van der Waals surface area (Å²) in [6, 6.07) is 6.85. The summed E-state index contributed by atoms with van der Waals surface area (Å²) in [6.07, 6.45) is 1.03. The lowest BCUT2D eigenvalue weighted by Gasteiger charge is -2.30. The van der Waals surface area contributed by atoms with E-state index < -0.39 is 0 Å². The van der Waals surface area contributed by atoms with Crippen LogP contribution in [-0.2, 0) is 6.54 Å². The number of nitrogens with one attached hydrogen (secondary N) is 1. The van der Waals surface area contributed by atoms with E-state index >= 15 is 0 Å². The molecule has 6 nitrogen and oxygen atoms in total. The molecule has 0 atom stereocenters. The molecule has 7 heteroatoms. The van der Waals surface area contributed by atoms with Crippen LogP contribution < -0.4 is 20.5 Å². The van der Waals surface area contributed by atoms with E-state index in [0.29, 0.717) is 36.1 Å². The second-order valence-corrected chi connectivity index (χ2v) is 6.60. The van der Waals surface area contributed by atoms with E-state index in [1.54, 1.807) is 14.2 Å². The van der Waals surface area contributed by atoms with Crippen molar-refractivity contribution in [2.45, 2.75) is 52.7 Å². The van der Waals surface area contributed by atoms with Gasteiger partial charge < -0.3 is 20.5 Å². The van der Waals surface area contributed by atoms with Crippen LogP contribution in [0.15, 0.2) is 23.2 Å². The van der Waals surface area contributed by atoms with Gasteiger partial charge in [0.1, 0.15) is 0 Å². The Morgan fingerprint density at radius 1 is 1.12 bits per heavy atom. The molecular weight excluding hydrogens is 443 g/mol. The van der Waals surface area contributed by atoms with Crippen LogP contribution in [-0.4, -0.2) is 50.3 Å². The lowest BCUT2D eigenvalue weighted by atomic mass is 10.2. The van der Waals surface area contributed by atoms with Crippen LogP contribution >= 0.6 is 24.0 Å². The average molecular weight is 478 g/mol. The number of halogens is 1. The van der Waals surface area contributed by atoms with Gasteiger partial charge in [0.25, 0.3) is 0 Å². The molecule has 1 aromatic rings. The molecule has 26 heavy (non-hydrogen) atoms. The minimum Gasteiger partial charge on any atom is -0.493 e. The van der Waals surface area contributed by atoms with Crippen LogP contribution in [0.5, 0.6) is 11.5 Å². The van der Waals surface area contributed by atoms with Crippen LogP contribution in [0.2, 0.25) is 0 Å². The van der Waals surface area contributed by atoms with E-state index in [4.69, 9.17) is 15.2 Å². The van der Waals surface area contributed by atoms with Gasteiger partial charge in [-0.2, -0.15) is 0 Å². The number of ether oxygens (including phenoxy) is 2. The predicted molar refractivity (Wildman–Crippen MR) is 120 cm³/mol. The number of rotatable bonds is 10. The summed E-state index contributed by atoms with van der Waals surface area (Å²) in [4.78, 5) is 6.86. The summed E-state index contributed by atoms with van der Waals surface area (Å²) in [5, 5.41) is 3.18. The zero-order chi connectivity index (χ0) is 18.8. The quantitative estimate of drug-likeness (QED) is 0.234. The molecular formula is C19H35IN4O2. The van der Waals surface area contributed by atoms with Crippen LogP contribution in [0, 0.1) is 0 Å². The monoisotopic (exact) mass is 478 g/mol. The number of hydrogen-bond acceptors (Lipinski definition) is 4. The largest absolute Gasteiger partial charge is 0.493 e. The number of hydrogen-bond donors (Lipinski definition) is 2. The van der Waals surface area contributed by atoms with Crippen molar-refractivity contribution in [3.63, 3.8) is 0 Å². The maximum Gasteiger partial charge on any atom is 0.188 e. The van der Waals surface area contributed by atoms with Crippen molar-refractivity contribution >= 4 is 29.9 Å². The van der Waals surface area contributed by atoms with E-state index in [1.807, 2.05) is 18.2 Å². The first-order chi connectivity index (χ1) is 11.9. The maximum atomic E-state index is 5.95. The van der Waals surface area contributed by atoms with Gasteiger partial charge in [-0.1, -0.05) is 6.07 Å². The second kappa shape index (κ2) is 13.0. The average Bonchev–Trinajstić information content (AvgIpc) is 2.58. The molecule has 0 aliphatic carbocycles. The molecule has 1 aromatic carbocycles. The van der Waals surface area contributed by atoms with Crippen molar-refractivity contribution in [2.24, 2.45) is 10.7 Å². The Kier molecular flexibility index (Phi) is 12.4. The van der Waals surface area contributed by atoms with Crippen molar-refractivity contribution < 1.29 is 9.47 Å². The highest BCUT2D eigenvalue weighted by atomic mass is 127. The minimum absolute atomic E-state index is 0. The Balaban J connectivity index is 0.00000625. The Labute approximate surface area is 175 Å². The smallest absolute Gasteiger partial charge is 0.188 e. The van der Waals surface area contributed by atoms with Crippen LogP contribution in [0.25, 0.3) is 0 Å². The minimum atomic E-state index is 0. The molecule has 0 radical (unpaired) electrons. The van der Waals surface area contributed by atoms with Gasteiger partial charge in [-0.05, 0) is 51.8 Å². The van der Waals surface area contributed by atoms with Crippen LogP contribution in [0.1, 0.15) is 39.7 Å². The standard InChI is InChI=1S/C19H34N4O2.HI/c1-14(2)23(15(3)4)11-7-10-21-19(20)22-13-16-8-9-17(24-5)18(12-16)25-6;/h8-9,12,14-15H,7,10-11,13H2,1-6H3,(H3,20,21,22);1H. The first-order valence-corrected chi connectivity index (χ1v) is 8.89. The fraction of sp³-hybridized carbons (Fsp3) is 0.632. The summed E-state index contributed by atoms with van der Waals surface area (Å²) in [7, 11) is 3.25. The van der Waals surface area contributed by atoms with Gasteiger partial charge in [-0.25, -0.2) is 4.99 Å². The van der Waals surface area contributed by atoms with Crippen LogP contribution in [0.3, 0.4) is 0 Å². The molecule has 0 aromatic heterocycles. The van der Waals surface area contributed by atoms with Crippen LogP contribution in [0.4, 0.5) is 0 Å². The normalized spacial score (nSPS) is 11.7. The fourth-order valence-corrected chi connectivity index (χ4v) is 2.80. The van der Waals surface area contributed by atoms with Gasteiger partial charge in [-0.15, -0.1) is 24.0 Å². The van der Waals surface area contributed by atoms with Crippen molar-refractivity contribution in [1.82, 2.24) is 10.2 Å². The van der Waals surface area contributed by atoms with E-state index in [-0.39, 0.29) is 24.0 Å². The zero-order valence-electron chi connectivity index (χ0n) is 16.9. The molecule has 0 amide bonds. The third-order valence-corrected chi connectivity index (χ3v) is 4.11. The Hall–Kier alpha value is -1.22. The number of nitrogens with two attached hydrogens (primary N) is 1. The van der Waals surface area contributed by atoms with Gasteiger partial charge in [-0.3, -0.25) is 4.90 Å². The lowest BCUT2D eigenvalue weighted by molar-refractivity contribution is 0.173. The molecule has 0 heterocycles. The third-order valence-electron chi connectivity index (χ3n) is 4.11. The molecule has 0 fully saturated rings.